The predicted octanol–water partition coefficient (Wildman–Crippen LogP) is 3.46. The molecule has 0 aromatic carbocycles. The van der Waals surface area contributed by atoms with Crippen LogP contribution in [0.3, 0.4) is 0 Å². The van der Waals surface area contributed by atoms with Crippen LogP contribution < -0.4 is 5.32 Å². The van der Waals surface area contributed by atoms with Crippen LogP contribution in [0.5, 0.6) is 0 Å². The van der Waals surface area contributed by atoms with Gasteiger partial charge in [-0.25, -0.2) is 0 Å². The van der Waals surface area contributed by atoms with Gasteiger partial charge < -0.3 is 5.32 Å². The molecule has 0 atom stereocenters. The molecule has 17 heavy (non-hydrogen) atoms. The van der Waals surface area contributed by atoms with E-state index in [0.717, 1.165) is 17.8 Å². The molecule has 4 aliphatic rings. The highest BCUT2D eigenvalue weighted by molar-refractivity contribution is 5.44. The summed E-state index contributed by atoms with van der Waals surface area (Å²) in [5, 5.41) is 3.85. The van der Waals surface area contributed by atoms with Crippen molar-refractivity contribution in [2.24, 2.45) is 17.8 Å². The summed E-state index contributed by atoms with van der Waals surface area (Å²) in [4.78, 5) is 4.10. The Kier molecular flexibility index (Phi) is 2.03. The van der Waals surface area contributed by atoms with Crippen molar-refractivity contribution < 1.29 is 0 Å². The van der Waals surface area contributed by atoms with Crippen LogP contribution in [0.4, 0.5) is 5.69 Å². The number of pyridine rings is 1. The molecule has 0 radical (unpaired) electrons. The van der Waals surface area contributed by atoms with Gasteiger partial charge in [0.05, 0.1) is 0 Å². The molecule has 0 saturated heterocycles. The zero-order chi connectivity index (χ0) is 11.3. The highest BCUT2D eigenvalue weighted by atomic mass is 15.0. The quantitative estimate of drug-likeness (QED) is 0.838. The number of hydrogen-bond acceptors (Lipinski definition) is 2. The third-order valence-corrected chi connectivity index (χ3v) is 5.13. The van der Waals surface area contributed by atoms with E-state index in [1.807, 2.05) is 12.4 Å². The second kappa shape index (κ2) is 3.47. The maximum Gasteiger partial charge on any atom is 0.0381 e. The summed E-state index contributed by atoms with van der Waals surface area (Å²) in [7, 11) is 0. The molecule has 1 aromatic heterocycles. The first-order valence-corrected chi connectivity index (χ1v) is 7.00. The second-order valence-electron chi connectivity index (χ2n) is 6.56. The lowest BCUT2D eigenvalue weighted by Crippen LogP contribution is -2.54. The smallest absolute Gasteiger partial charge is 0.0381 e. The fraction of sp³-hybridized carbons (Fsp3) is 0.667. The van der Waals surface area contributed by atoms with E-state index in [0.29, 0.717) is 5.54 Å². The summed E-state index contributed by atoms with van der Waals surface area (Å²) in [5.74, 6) is 3.03. The van der Waals surface area contributed by atoms with Crippen LogP contribution in [-0.4, -0.2) is 10.5 Å². The van der Waals surface area contributed by atoms with Gasteiger partial charge in [0.1, 0.15) is 0 Å². The van der Waals surface area contributed by atoms with Crippen molar-refractivity contribution >= 4 is 5.69 Å². The summed E-state index contributed by atoms with van der Waals surface area (Å²) in [5.41, 5.74) is 1.69. The third kappa shape index (κ3) is 1.65. The SMILES string of the molecule is c1cc(NC23CC4CC(CC(C4)C2)C3)ccn1. The highest BCUT2D eigenvalue weighted by Crippen LogP contribution is 2.56. The van der Waals surface area contributed by atoms with Gasteiger partial charge in [-0.2, -0.15) is 0 Å². The molecule has 2 heteroatoms. The Morgan fingerprint density at radius 3 is 2.00 bits per heavy atom. The van der Waals surface area contributed by atoms with Crippen molar-refractivity contribution in [2.75, 3.05) is 5.32 Å². The minimum Gasteiger partial charge on any atom is -0.379 e. The lowest BCUT2D eigenvalue weighted by Gasteiger charge is -2.57. The Labute approximate surface area is 103 Å². The average molecular weight is 228 g/mol. The molecule has 4 saturated carbocycles. The molecule has 1 heterocycles. The molecule has 2 nitrogen and oxygen atoms in total. The van der Waals surface area contributed by atoms with E-state index < -0.39 is 0 Å². The number of aromatic nitrogens is 1. The molecular formula is C15H20N2. The Balaban J connectivity index is 1.61. The molecule has 4 aliphatic carbocycles. The summed E-state index contributed by atoms with van der Waals surface area (Å²) in [6.45, 7) is 0. The zero-order valence-corrected chi connectivity index (χ0v) is 10.2. The molecular weight excluding hydrogens is 208 g/mol. The fourth-order valence-electron chi connectivity index (χ4n) is 5.01. The molecule has 4 bridgehead atoms. The van der Waals surface area contributed by atoms with E-state index in [1.54, 1.807) is 0 Å². The molecule has 4 fully saturated rings. The minimum absolute atomic E-state index is 0.427. The Morgan fingerprint density at radius 2 is 1.47 bits per heavy atom. The van der Waals surface area contributed by atoms with Gasteiger partial charge in [0, 0.05) is 23.6 Å². The van der Waals surface area contributed by atoms with Gasteiger partial charge in [0.2, 0.25) is 0 Å². The Bertz CT molecular complexity index is 377. The predicted molar refractivity (Wildman–Crippen MR) is 68.8 cm³/mol. The van der Waals surface area contributed by atoms with Crippen molar-refractivity contribution in [3.63, 3.8) is 0 Å². The first kappa shape index (κ1) is 9.93. The zero-order valence-electron chi connectivity index (χ0n) is 10.2. The second-order valence-corrected chi connectivity index (χ2v) is 6.56. The monoisotopic (exact) mass is 228 g/mol. The molecule has 0 unspecified atom stereocenters. The van der Waals surface area contributed by atoms with Crippen LogP contribution in [0.1, 0.15) is 38.5 Å². The summed E-state index contributed by atoms with van der Waals surface area (Å²) in [6, 6.07) is 4.22. The minimum atomic E-state index is 0.427. The number of rotatable bonds is 2. The normalized spacial score (nSPS) is 42.7. The van der Waals surface area contributed by atoms with Crippen LogP contribution >= 0.6 is 0 Å². The fourth-order valence-corrected chi connectivity index (χ4v) is 5.01. The molecule has 1 N–H and O–H groups in total. The first-order valence-electron chi connectivity index (χ1n) is 7.00. The van der Waals surface area contributed by atoms with Crippen LogP contribution in [0.2, 0.25) is 0 Å². The lowest BCUT2D eigenvalue weighted by atomic mass is 9.53. The van der Waals surface area contributed by atoms with Gasteiger partial charge >= 0.3 is 0 Å². The molecule has 0 spiro atoms. The number of hydrogen-bond donors (Lipinski definition) is 1. The maximum absolute atomic E-state index is 4.10. The summed E-state index contributed by atoms with van der Waals surface area (Å²) in [6.07, 6.45) is 12.5. The van der Waals surface area contributed by atoms with E-state index in [9.17, 15) is 0 Å². The van der Waals surface area contributed by atoms with Crippen molar-refractivity contribution in [1.29, 1.82) is 0 Å². The van der Waals surface area contributed by atoms with Crippen molar-refractivity contribution in [2.45, 2.75) is 44.1 Å². The van der Waals surface area contributed by atoms with Crippen molar-refractivity contribution in [3.05, 3.63) is 24.5 Å². The summed E-state index contributed by atoms with van der Waals surface area (Å²) < 4.78 is 0. The van der Waals surface area contributed by atoms with Gasteiger partial charge in [0.15, 0.2) is 0 Å². The van der Waals surface area contributed by atoms with Crippen LogP contribution in [-0.2, 0) is 0 Å². The standard InChI is InChI=1S/C15H20N2/c1-3-16-4-2-14(1)17-15-8-11-5-12(9-15)7-13(6-11)10-15/h1-4,11-13H,5-10H2,(H,16,17). The first-order chi connectivity index (χ1) is 8.31. The lowest BCUT2D eigenvalue weighted by molar-refractivity contribution is 0.0107. The van der Waals surface area contributed by atoms with E-state index >= 15 is 0 Å². The van der Waals surface area contributed by atoms with Gasteiger partial charge in [-0.3, -0.25) is 4.98 Å². The van der Waals surface area contributed by atoms with Crippen LogP contribution in [0, 0.1) is 17.8 Å². The topological polar surface area (TPSA) is 24.9 Å². The molecule has 1 aromatic rings. The van der Waals surface area contributed by atoms with Gasteiger partial charge in [0.25, 0.3) is 0 Å². The third-order valence-electron chi connectivity index (χ3n) is 5.13. The van der Waals surface area contributed by atoms with E-state index in [1.165, 1.54) is 44.2 Å². The largest absolute Gasteiger partial charge is 0.379 e. The number of nitrogens with zero attached hydrogens (tertiary/aromatic N) is 1. The summed E-state index contributed by atoms with van der Waals surface area (Å²) >= 11 is 0. The Morgan fingerprint density at radius 1 is 0.941 bits per heavy atom. The van der Waals surface area contributed by atoms with E-state index in [4.69, 9.17) is 0 Å². The highest BCUT2D eigenvalue weighted by Gasteiger charge is 2.50. The maximum atomic E-state index is 4.10. The number of nitrogens with one attached hydrogen (secondary N) is 1. The molecule has 5 rings (SSSR count). The van der Waals surface area contributed by atoms with Crippen LogP contribution in [0.15, 0.2) is 24.5 Å². The van der Waals surface area contributed by atoms with E-state index in [-0.39, 0.29) is 0 Å². The van der Waals surface area contributed by atoms with Gasteiger partial charge in [-0.1, -0.05) is 0 Å². The molecule has 90 valence electrons. The Hall–Kier alpha value is -1.05. The molecule has 0 aliphatic heterocycles. The molecule has 0 amide bonds. The van der Waals surface area contributed by atoms with Crippen molar-refractivity contribution in [1.82, 2.24) is 4.98 Å². The van der Waals surface area contributed by atoms with Crippen LogP contribution in [0.25, 0.3) is 0 Å². The average Bonchev–Trinajstić information content (AvgIpc) is 2.27. The number of anilines is 1. The van der Waals surface area contributed by atoms with E-state index in [2.05, 4.69) is 22.4 Å². The van der Waals surface area contributed by atoms with Crippen molar-refractivity contribution in [3.8, 4) is 0 Å². The van der Waals surface area contributed by atoms with Gasteiger partial charge in [-0.05, 0) is 68.4 Å². The van der Waals surface area contributed by atoms with Gasteiger partial charge in [-0.15, -0.1) is 0 Å².